The zero-order chi connectivity index (χ0) is 21.2. The summed E-state index contributed by atoms with van der Waals surface area (Å²) in [4.78, 5) is 12.7. The summed E-state index contributed by atoms with van der Waals surface area (Å²) in [5, 5.41) is 15.8. The number of benzene rings is 1. The highest BCUT2D eigenvalue weighted by Crippen LogP contribution is 2.38. The van der Waals surface area contributed by atoms with Crippen molar-refractivity contribution in [2.45, 2.75) is 40.0 Å². The van der Waals surface area contributed by atoms with Crippen LogP contribution in [-0.2, 0) is 12.8 Å². The molecule has 7 nitrogen and oxygen atoms in total. The monoisotopic (exact) mass is 400 g/mol. The lowest BCUT2D eigenvalue weighted by molar-refractivity contribution is 0.0922. The highest BCUT2D eigenvalue weighted by atomic mass is 16.5. The molecule has 0 spiro atoms. The minimum atomic E-state index is -0.271. The molecule has 7 heteroatoms. The van der Waals surface area contributed by atoms with Gasteiger partial charge in [0.25, 0.3) is 5.91 Å². The second-order valence-electron chi connectivity index (χ2n) is 8.11. The Kier molecular flexibility index (Phi) is 5.86. The number of ether oxygens (including phenoxy) is 2. The van der Waals surface area contributed by atoms with Crippen molar-refractivity contribution in [3.05, 3.63) is 46.4 Å². The lowest BCUT2D eigenvalue weighted by Crippen LogP contribution is -2.27. The molecule has 3 rings (SSSR count). The van der Waals surface area contributed by atoms with Crippen molar-refractivity contribution in [2.24, 2.45) is 10.6 Å². The van der Waals surface area contributed by atoms with Crippen LogP contribution < -0.4 is 14.8 Å². The van der Waals surface area contributed by atoms with Crippen LogP contribution in [0.2, 0.25) is 0 Å². The quantitative estimate of drug-likeness (QED) is 0.569. The van der Waals surface area contributed by atoms with Crippen LogP contribution in [0.3, 0.4) is 0 Å². The minimum absolute atomic E-state index is 0.0833. The first-order valence-electron chi connectivity index (χ1n) is 9.62. The lowest BCUT2D eigenvalue weighted by atomic mass is 9.75. The van der Waals surface area contributed by atoms with Gasteiger partial charge in [-0.25, -0.2) is 0 Å². The van der Waals surface area contributed by atoms with E-state index in [9.17, 15) is 10.0 Å². The molecule has 1 heterocycles. The number of hydrogen-bond acceptors (Lipinski definition) is 6. The molecule has 0 unspecified atom stereocenters. The number of nitrogens with one attached hydrogen (secondary N) is 1. The van der Waals surface area contributed by atoms with Crippen molar-refractivity contribution in [1.29, 1.82) is 0 Å². The summed E-state index contributed by atoms with van der Waals surface area (Å²) in [6.07, 6.45) is 1.97. The Morgan fingerprint density at radius 2 is 1.97 bits per heavy atom. The summed E-state index contributed by atoms with van der Waals surface area (Å²) in [5.74, 6) is 2.04. The average Bonchev–Trinajstić information content (AvgIpc) is 3.02. The minimum Gasteiger partial charge on any atom is -0.493 e. The van der Waals surface area contributed by atoms with Crippen molar-refractivity contribution in [1.82, 2.24) is 5.32 Å². The van der Waals surface area contributed by atoms with Gasteiger partial charge in [-0.05, 0) is 42.9 Å². The molecule has 0 saturated heterocycles. The number of furan rings is 1. The normalized spacial score (nSPS) is 16.4. The maximum absolute atomic E-state index is 12.7. The topological polar surface area (TPSA) is 93.3 Å². The molecule has 1 aliphatic carbocycles. The van der Waals surface area contributed by atoms with Crippen LogP contribution >= 0.6 is 0 Å². The fraction of sp³-hybridized carbons (Fsp3) is 0.455. The van der Waals surface area contributed by atoms with E-state index < -0.39 is 0 Å². The molecule has 2 N–H and O–H groups in total. The lowest BCUT2D eigenvalue weighted by Gasteiger charge is -2.28. The Morgan fingerprint density at radius 1 is 1.24 bits per heavy atom. The third kappa shape index (κ3) is 4.23. The second-order valence-corrected chi connectivity index (χ2v) is 8.11. The molecule has 1 aromatic carbocycles. The van der Waals surface area contributed by atoms with Crippen LogP contribution in [0.4, 0.5) is 0 Å². The SMILES string of the molecule is COc1ccc(CCNC(=O)c2oc3c(c2C)C(=NO)CC(C)(C)C3)cc1OC. The Hall–Kier alpha value is -2.96. The highest BCUT2D eigenvalue weighted by Gasteiger charge is 2.36. The van der Waals surface area contributed by atoms with Crippen LogP contribution in [0.1, 0.15) is 53.3 Å². The molecule has 1 amide bonds. The molecule has 0 saturated carbocycles. The number of oxime groups is 1. The fourth-order valence-corrected chi connectivity index (χ4v) is 3.85. The molecule has 2 aromatic rings. The van der Waals surface area contributed by atoms with Gasteiger partial charge in [0.15, 0.2) is 17.3 Å². The van der Waals surface area contributed by atoms with Crippen molar-refractivity contribution >= 4 is 11.6 Å². The van der Waals surface area contributed by atoms with Gasteiger partial charge < -0.3 is 24.4 Å². The number of carbonyl (C=O) groups is 1. The van der Waals surface area contributed by atoms with Gasteiger partial charge in [0.1, 0.15) is 5.76 Å². The molecule has 0 radical (unpaired) electrons. The number of fused-ring (bicyclic) bond motifs is 1. The summed E-state index contributed by atoms with van der Waals surface area (Å²) in [6, 6.07) is 5.68. The van der Waals surface area contributed by atoms with Gasteiger partial charge in [-0.1, -0.05) is 25.1 Å². The largest absolute Gasteiger partial charge is 0.493 e. The number of hydrogen-bond donors (Lipinski definition) is 2. The van der Waals surface area contributed by atoms with Crippen LogP contribution in [0, 0.1) is 12.3 Å². The van der Waals surface area contributed by atoms with E-state index >= 15 is 0 Å². The molecule has 1 aliphatic rings. The van der Waals surface area contributed by atoms with Crippen LogP contribution in [0.5, 0.6) is 11.5 Å². The number of nitrogens with zero attached hydrogens (tertiary/aromatic N) is 1. The predicted molar refractivity (Wildman–Crippen MR) is 109 cm³/mol. The van der Waals surface area contributed by atoms with Crippen LogP contribution in [0.25, 0.3) is 0 Å². The number of amides is 1. The van der Waals surface area contributed by atoms with Crippen molar-refractivity contribution in [2.75, 3.05) is 20.8 Å². The molecular weight excluding hydrogens is 372 g/mol. The Balaban J connectivity index is 1.70. The summed E-state index contributed by atoms with van der Waals surface area (Å²) >= 11 is 0. The van der Waals surface area contributed by atoms with Gasteiger partial charge in [-0.2, -0.15) is 0 Å². The molecule has 0 aliphatic heterocycles. The van der Waals surface area contributed by atoms with Gasteiger partial charge in [0.2, 0.25) is 0 Å². The first kappa shape index (κ1) is 20.8. The van der Waals surface area contributed by atoms with Crippen molar-refractivity contribution in [3.63, 3.8) is 0 Å². The number of rotatable bonds is 6. The van der Waals surface area contributed by atoms with E-state index in [-0.39, 0.29) is 17.1 Å². The second kappa shape index (κ2) is 8.19. The van der Waals surface area contributed by atoms with Gasteiger partial charge >= 0.3 is 0 Å². The summed E-state index contributed by atoms with van der Waals surface area (Å²) in [5.41, 5.74) is 2.99. The van der Waals surface area contributed by atoms with E-state index in [0.717, 1.165) is 11.1 Å². The number of carbonyl (C=O) groups excluding carboxylic acids is 1. The molecule has 0 fully saturated rings. The molecular formula is C22H28N2O5. The zero-order valence-electron chi connectivity index (χ0n) is 17.6. The Labute approximate surface area is 170 Å². The van der Waals surface area contributed by atoms with E-state index in [1.165, 1.54) is 0 Å². The first-order chi connectivity index (χ1) is 13.8. The third-order valence-electron chi connectivity index (χ3n) is 5.27. The van der Waals surface area contributed by atoms with Gasteiger partial charge in [0.05, 0.1) is 19.9 Å². The van der Waals surface area contributed by atoms with Crippen LogP contribution in [0.15, 0.2) is 27.8 Å². The van der Waals surface area contributed by atoms with E-state index in [1.54, 1.807) is 14.2 Å². The highest BCUT2D eigenvalue weighted by molar-refractivity contribution is 6.06. The van der Waals surface area contributed by atoms with E-state index in [1.807, 2.05) is 25.1 Å². The van der Waals surface area contributed by atoms with Gasteiger partial charge in [0, 0.05) is 24.1 Å². The van der Waals surface area contributed by atoms with Crippen molar-refractivity contribution < 1.29 is 23.9 Å². The zero-order valence-corrected chi connectivity index (χ0v) is 17.6. The summed E-state index contributed by atoms with van der Waals surface area (Å²) in [6.45, 7) is 6.45. The maximum atomic E-state index is 12.7. The van der Waals surface area contributed by atoms with E-state index in [0.29, 0.717) is 54.3 Å². The van der Waals surface area contributed by atoms with E-state index in [2.05, 4.69) is 24.3 Å². The molecule has 0 atom stereocenters. The third-order valence-corrected chi connectivity index (χ3v) is 5.27. The predicted octanol–water partition coefficient (Wildman–Crippen LogP) is 3.73. The van der Waals surface area contributed by atoms with Crippen molar-refractivity contribution in [3.8, 4) is 11.5 Å². The molecule has 1 aromatic heterocycles. The number of methoxy groups -OCH3 is 2. The first-order valence-corrected chi connectivity index (χ1v) is 9.62. The van der Waals surface area contributed by atoms with Gasteiger partial charge in [-0.15, -0.1) is 0 Å². The Bertz CT molecular complexity index is 943. The van der Waals surface area contributed by atoms with Crippen LogP contribution in [-0.4, -0.2) is 37.6 Å². The molecule has 29 heavy (non-hydrogen) atoms. The average molecular weight is 400 g/mol. The maximum Gasteiger partial charge on any atom is 0.287 e. The summed E-state index contributed by atoms with van der Waals surface area (Å²) in [7, 11) is 3.19. The standard InChI is InChI=1S/C22H28N2O5/c1-13-19-15(24-26)11-22(2,3)12-18(19)29-20(13)21(25)23-9-8-14-6-7-16(27-4)17(10-14)28-5/h6-7,10,26H,8-9,11-12H2,1-5H3,(H,23,25). The smallest absolute Gasteiger partial charge is 0.287 e. The van der Waals surface area contributed by atoms with Gasteiger partial charge in [-0.3, -0.25) is 4.79 Å². The fourth-order valence-electron chi connectivity index (χ4n) is 3.85. The Morgan fingerprint density at radius 3 is 2.62 bits per heavy atom. The summed E-state index contributed by atoms with van der Waals surface area (Å²) < 4.78 is 16.5. The van der Waals surface area contributed by atoms with E-state index in [4.69, 9.17) is 13.9 Å². The molecule has 0 bridgehead atoms. The molecule has 156 valence electrons.